The van der Waals surface area contributed by atoms with Gasteiger partial charge in [-0.05, 0) is 23.6 Å². The Bertz CT molecular complexity index is 637. The van der Waals surface area contributed by atoms with Crippen molar-refractivity contribution in [2.24, 2.45) is 5.41 Å². The van der Waals surface area contributed by atoms with Crippen molar-refractivity contribution in [3.05, 3.63) is 47.0 Å². The number of benzene rings is 1. The van der Waals surface area contributed by atoms with Gasteiger partial charge in [-0.1, -0.05) is 52.0 Å². The van der Waals surface area contributed by atoms with E-state index in [0.717, 1.165) is 11.1 Å². The maximum absolute atomic E-state index is 12.2. The molecular weight excluding hydrogens is 262 g/mol. The molecule has 1 aliphatic carbocycles. The first-order chi connectivity index (χ1) is 9.98. The summed E-state index contributed by atoms with van der Waals surface area (Å²) in [6.07, 6.45) is 2.30. The van der Waals surface area contributed by atoms with Crippen LogP contribution in [-0.4, -0.2) is 5.78 Å². The number of carbonyl (C=O) groups is 1. The summed E-state index contributed by atoms with van der Waals surface area (Å²) in [7, 11) is 0. The minimum absolute atomic E-state index is 0.0893. The van der Waals surface area contributed by atoms with E-state index in [4.69, 9.17) is 4.74 Å². The molecule has 1 unspecified atom stereocenters. The molecule has 0 amide bonds. The van der Waals surface area contributed by atoms with E-state index in [9.17, 15) is 10.1 Å². The maximum atomic E-state index is 12.2. The van der Waals surface area contributed by atoms with Crippen LogP contribution in [0.5, 0.6) is 0 Å². The molecule has 0 aromatic heterocycles. The number of nitrogens with zero attached hydrogens (tertiary/aromatic N) is 1. The Labute approximate surface area is 126 Å². The molecule has 110 valence electrons. The molecule has 1 aromatic carbocycles. The van der Waals surface area contributed by atoms with Gasteiger partial charge in [0.15, 0.2) is 5.78 Å². The Hall–Kier alpha value is -1.92. The third-order valence-electron chi connectivity index (χ3n) is 4.02. The lowest BCUT2D eigenvalue weighted by Crippen LogP contribution is -2.40. The second-order valence-corrected chi connectivity index (χ2v) is 5.89. The minimum atomic E-state index is -0.612. The number of ketones is 1. The van der Waals surface area contributed by atoms with Crippen molar-refractivity contribution in [1.82, 2.24) is 0 Å². The van der Waals surface area contributed by atoms with Crippen LogP contribution in [0.4, 0.5) is 0 Å². The van der Waals surface area contributed by atoms with Gasteiger partial charge in [0.25, 0.3) is 0 Å². The van der Waals surface area contributed by atoms with Crippen LogP contribution in [0.3, 0.4) is 0 Å². The van der Waals surface area contributed by atoms with Gasteiger partial charge < -0.3 is 4.74 Å². The summed E-state index contributed by atoms with van der Waals surface area (Å²) in [6, 6.07) is 10.0. The van der Waals surface area contributed by atoms with E-state index in [1.807, 2.05) is 58.0 Å². The van der Waals surface area contributed by atoms with Gasteiger partial charge >= 0.3 is 0 Å². The number of allylic oxidation sites excluding steroid dienone is 1. The lowest BCUT2D eigenvalue weighted by molar-refractivity contribution is -0.129. The molecule has 3 heteroatoms. The van der Waals surface area contributed by atoms with Crippen molar-refractivity contribution in [3.8, 4) is 6.07 Å². The summed E-state index contributed by atoms with van der Waals surface area (Å²) in [4.78, 5) is 12.2. The molecule has 1 aliphatic heterocycles. The average molecular weight is 283 g/mol. The molecule has 1 heterocycles. The van der Waals surface area contributed by atoms with Gasteiger partial charge in [-0.2, -0.15) is 5.26 Å². The number of ether oxygens (including phenoxy) is 1. The fraction of sp³-hybridized carbons (Fsp3) is 0.444. The zero-order chi connectivity index (χ0) is 15.7. The van der Waals surface area contributed by atoms with Gasteiger partial charge in [-0.3, -0.25) is 4.79 Å². The summed E-state index contributed by atoms with van der Waals surface area (Å²) < 4.78 is 5.99. The zero-order valence-corrected chi connectivity index (χ0v) is 13.1. The molecule has 2 aliphatic rings. The lowest BCUT2D eigenvalue weighted by atomic mass is 9.68. The number of hydrogen-bond acceptors (Lipinski definition) is 3. The number of Topliss-reactive ketones (excluding diaryl/α,β-unsaturated/α-hetero) is 1. The first-order valence-corrected chi connectivity index (χ1v) is 7.39. The van der Waals surface area contributed by atoms with Crippen LogP contribution in [0.1, 0.15) is 45.2 Å². The molecular formula is C18H21NO2. The third kappa shape index (κ3) is 2.41. The van der Waals surface area contributed by atoms with E-state index in [0.29, 0.717) is 13.0 Å². The summed E-state index contributed by atoms with van der Waals surface area (Å²) in [5.41, 5.74) is 1.26. The van der Waals surface area contributed by atoms with Crippen LogP contribution in [0, 0.1) is 16.7 Å². The van der Waals surface area contributed by atoms with Crippen molar-refractivity contribution in [2.75, 3.05) is 0 Å². The Morgan fingerprint density at radius 1 is 1.24 bits per heavy atom. The van der Waals surface area contributed by atoms with Crippen LogP contribution >= 0.6 is 0 Å². The summed E-state index contributed by atoms with van der Waals surface area (Å²) >= 11 is 0. The highest BCUT2D eigenvalue weighted by atomic mass is 16.5. The largest absolute Gasteiger partial charge is 0.361 e. The second kappa shape index (κ2) is 5.46. The monoisotopic (exact) mass is 283 g/mol. The Morgan fingerprint density at radius 2 is 1.90 bits per heavy atom. The minimum Gasteiger partial charge on any atom is -0.361 e. The van der Waals surface area contributed by atoms with Crippen molar-refractivity contribution >= 4 is 5.78 Å². The fourth-order valence-corrected chi connectivity index (χ4v) is 3.14. The molecule has 0 fully saturated rings. The van der Waals surface area contributed by atoms with Crippen molar-refractivity contribution < 1.29 is 9.53 Å². The molecule has 0 radical (unpaired) electrons. The predicted octanol–water partition coefficient (Wildman–Crippen LogP) is 3.89. The van der Waals surface area contributed by atoms with Gasteiger partial charge in [0.1, 0.15) is 11.7 Å². The molecule has 3 nitrogen and oxygen atoms in total. The first-order valence-electron chi connectivity index (χ1n) is 7.39. The number of rotatable bonds is 0. The normalized spacial score (nSPS) is 25.5. The molecule has 1 spiro atoms. The van der Waals surface area contributed by atoms with Gasteiger partial charge in [-0.25, -0.2) is 0 Å². The molecule has 1 aromatic rings. The fourth-order valence-electron chi connectivity index (χ4n) is 3.14. The highest BCUT2D eigenvalue weighted by Crippen LogP contribution is 2.49. The van der Waals surface area contributed by atoms with Crippen LogP contribution in [0.15, 0.2) is 35.9 Å². The van der Waals surface area contributed by atoms with Crippen molar-refractivity contribution in [2.45, 2.75) is 46.3 Å². The Kier molecular flexibility index (Phi) is 4.02. The Morgan fingerprint density at radius 3 is 2.57 bits per heavy atom. The predicted molar refractivity (Wildman–Crippen MR) is 81.4 cm³/mol. The SMILES string of the molecule is CC.CC1(C)CC2(C=C(C#N)C1=O)OCc1ccccc12. The molecule has 0 bridgehead atoms. The van der Waals surface area contributed by atoms with Gasteiger partial charge in [-0.15, -0.1) is 0 Å². The lowest BCUT2D eigenvalue weighted by Gasteiger charge is -2.38. The third-order valence-corrected chi connectivity index (χ3v) is 4.02. The average Bonchev–Trinajstić information content (AvgIpc) is 2.84. The number of carbonyl (C=O) groups excluding carboxylic acids is 1. The standard InChI is InChI=1S/C16H15NO2.C2H6/c1-15(2)10-16(7-12(8-17)14(15)18)13-6-4-3-5-11(13)9-19-16;1-2/h3-7H,9-10H2,1-2H3;1-2H3. The molecule has 0 saturated carbocycles. The van der Waals surface area contributed by atoms with Gasteiger partial charge in [0.05, 0.1) is 12.2 Å². The smallest absolute Gasteiger partial charge is 0.178 e. The molecule has 3 rings (SSSR count). The summed E-state index contributed by atoms with van der Waals surface area (Å²) in [5, 5.41) is 9.19. The van der Waals surface area contributed by atoms with Crippen LogP contribution in [-0.2, 0) is 21.7 Å². The first kappa shape index (κ1) is 15.5. The second-order valence-electron chi connectivity index (χ2n) is 5.89. The molecule has 1 atom stereocenters. The number of nitriles is 1. The Balaban J connectivity index is 0.000000774. The van der Waals surface area contributed by atoms with E-state index < -0.39 is 11.0 Å². The summed E-state index contributed by atoms with van der Waals surface area (Å²) in [5.74, 6) is -0.0893. The van der Waals surface area contributed by atoms with Crippen molar-refractivity contribution in [3.63, 3.8) is 0 Å². The highest BCUT2D eigenvalue weighted by molar-refractivity contribution is 6.04. The van der Waals surface area contributed by atoms with E-state index in [-0.39, 0.29) is 11.4 Å². The highest BCUT2D eigenvalue weighted by Gasteiger charge is 2.49. The van der Waals surface area contributed by atoms with Crippen LogP contribution in [0.25, 0.3) is 0 Å². The van der Waals surface area contributed by atoms with E-state index >= 15 is 0 Å². The van der Waals surface area contributed by atoms with Gasteiger partial charge in [0.2, 0.25) is 0 Å². The van der Waals surface area contributed by atoms with Crippen LogP contribution < -0.4 is 0 Å². The number of hydrogen-bond donors (Lipinski definition) is 0. The van der Waals surface area contributed by atoms with Crippen LogP contribution in [0.2, 0.25) is 0 Å². The topological polar surface area (TPSA) is 50.1 Å². The van der Waals surface area contributed by atoms with E-state index in [2.05, 4.69) is 0 Å². The van der Waals surface area contributed by atoms with Crippen molar-refractivity contribution in [1.29, 1.82) is 5.26 Å². The maximum Gasteiger partial charge on any atom is 0.178 e. The summed E-state index contributed by atoms with van der Waals surface area (Å²) in [6.45, 7) is 8.30. The van der Waals surface area contributed by atoms with E-state index in [1.165, 1.54) is 0 Å². The number of fused-ring (bicyclic) bond motifs is 2. The molecule has 0 saturated heterocycles. The quantitative estimate of drug-likeness (QED) is 0.726. The molecule has 0 N–H and O–H groups in total. The van der Waals surface area contributed by atoms with Gasteiger partial charge in [0, 0.05) is 5.41 Å². The molecule has 21 heavy (non-hydrogen) atoms. The van der Waals surface area contributed by atoms with E-state index in [1.54, 1.807) is 6.08 Å². The zero-order valence-electron chi connectivity index (χ0n) is 13.1.